The third kappa shape index (κ3) is 2.52. The molecule has 0 radical (unpaired) electrons. The smallest absolute Gasteiger partial charge is 0.338 e. The van der Waals surface area contributed by atoms with Crippen LogP contribution in [0.4, 0.5) is 5.69 Å². The molecule has 1 aromatic carbocycles. The number of nitro groups is 1. The number of aromatic hydroxyl groups is 1. The van der Waals surface area contributed by atoms with Crippen LogP contribution < -0.4 is 0 Å². The van der Waals surface area contributed by atoms with Crippen molar-refractivity contribution in [3.8, 4) is 5.75 Å². The highest BCUT2D eigenvalue weighted by atomic mass is 16.6. The largest absolute Gasteiger partial charge is 0.502 e. The molecule has 0 amide bonds. The number of hydrogen-bond acceptors (Lipinski definition) is 5. The maximum Gasteiger partial charge on any atom is 0.338 e. The number of ether oxygens (including phenoxy) is 1. The molecule has 0 aliphatic carbocycles. The molecular formula is C11H13NO5. The van der Waals surface area contributed by atoms with Crippen molar-refractivity contribution in [2.45, 2.75) is 20.3 Å². The zero-order valence-electron chi connectivity index (χ0n) is 9.60. The van der Waals surface area contributed by atoms with Gasteiger partial charge in [-0.1, -0.05) is 6.92 Å². The Balaban J connectivity index is 3.38. The van der Waals surface area contributed by atoms with E-state index in [1.165, 1.54) is 6.07 Å². The Morgan fingerprint density at radius 1 is 1.47 bits per heavy atom. The lowest BCUT2D eigenvalue weighted by atomic mass is 10.0. The van der Waals surface area contributed by atoms with Crippen LogP contribution in [0.25, 0.3) is 0 Å². The van der Waals surface area contributed by atoms with Crippen molar-refractivity contribution < 1.29 is 19.6 Å². The summed E-state index contributed by atoms with van der Waals surface area (Å²) in [7, 11) is 0. The van der Waals surface area contributed by atoms with Crippen LogP contribution in [0.15, 0.2) is 12.1 Å². The number of nitrogens with zero attached hydrogens (tertiary/aromatic N) is 1. The van der Waals surface area contributed by atoms with Gasteiger partial charge in [-0.25, -0.2) is 4.79 Å². The topological polar surface area (TPSA) is 89.7 Å². The summed E-state index contributed by atoms with van der Waals surface area (Å²) in [5.74, 6) is -1.06. The lowest BCUT2D eigenvalue weighted by Crippen LogP contribution is -2.09. The van der Waals surface area contributed by atoms with Crippen LogP contribution >= 0.6 is 0 Å². The average Bonchev–Trinajstić information content (AvgIpc) is 2.27. The Labute approximate surface area is 98.0 Å². The Morgan fingerprint density at radius 2 is 2.12 bits per heavy atom. The first-order valence-electron chi connectivity index (χ1n) is 5.19. The SMILES string of the molecule is CCOC(=O)c1ccc(O)c([N+](=O)[O-])c1CC. The number of hydrogen-bond donors (Lipinski definition) is 1. The first-order chi connectivity index (χ1) is 8.02. The third-order valence-corrected chi connectivity index (χ3v) is 2.29. The number of esters is 1. The van der Waals surface area contributed by atoms with Gasteiger partial charge in [-0.3, -0.25) is 10.1 Å². The van der Waals surface area contributed by atoms with Crippen LogP contribution in [-0.4, -0.2) is 22.6 Å². The van der Waals surface area contributed by atoms with Gasteiger partial charge in [-0.15, -0.1) is 0 Å². The minimum absolute atomic E-state index is 0.124. The summed E-state index contributed by atoms with van der Waals surface area (Å²) in [6, 6.07) is 2.46. The fourth-order valence-electron chi connectivity index (χ4n) is 1.59. The molecule has 1 rings (SSSR count). The molecule has 0 aliphatic heterocycles. The number of carbonyl (C=O) groups excluding carboxylic acids is 1. The number of phenols is 1. The van der Waals surface area contributed by atoms with Crippen LogP contribution in [0, 0.1) is 10.1 Å². The Bertz CT molecular complexity index is 455. The highest BCUT2D eigenvalue weighted by Crippen LogP contribution is 2.32. The Kier molecular flexibility index (Phi) is 4.03. The standard InChI is InChI=1S/C11H13NO5/c1-3-7-8(11(14)17-4-2)5-6-9(13)10(7)12(15)16/h5-6,13H,3-4H2,1-2H3. The second-order valence-corrected chi connectivity index (χ2v) is 3.29. The van der Waals surface area contributed by atoms with E-state index in [2.05, 4.69) is 0 Å². The summed E-state index contributed by atoms with van der Waals surface area (Å²) in [6.07, 6.45) is 0.263. The van der Waals surface area contributed by atoms with Crippen molar-refractivity contribution in [1.29, 1.82) is 0 Å². The molecule has 0 unspecified atom stereocenters. The molecule has 0 atom stereocenters. The van der Waals surface area contributed by atoms with Crippen molar-refractivity contribution in [1.82, 2.24) is 0 Å². The van der Waals surface area contributed by atoms with Crippen LogP contribution in [0.5, 0.6) is 5.75 Å². The molecule has 1 aromatic rings. The van der Waals surface area contributed by atoms with Gasteiger partial charge in [0.05, 0.1) is 17.1 Å². The molecule has 0 aromatic heterocycles. The van der Waals surface area contributed by atoms with Crippen LogP contribution in [0.2, 0.25) is 0 Å². The van der Waals surface area contributed by atoms with Gasteiger partial charge in [0.15, 0.2) is 5.75 Å². The molecule has 0 saturated heterocycles. The molecule has 0 saturated carbocycles. The van der Waals surface area contributed by atoms with Gasteiger partial charge in [0.25, 0.3) is 0 Å². The summed E-state index contributed by atoms with van der Waals surface area (Å²) in [4.78, 5) is 21.7. The van der Waals surface area contributed by atoms with Gasteiger partial charge in [0, 0.05) is 5.56 Å². The normalized spacial score (nSPS) is 10.0. The first-order valence-corrected chi connectivity index (χ1v) is 5.19. The van der Waals surface area contributed by atoms with Gasteiger partial charge in [0.1, 0.15) is 0 Å². The van der Waals surface area contributed by atoms with Gasteiger partial charge in [0.2, 0.25) is 0 Å². The highest BCUT2D eigenvalue weighted by molar-refractivity contribution is 5.93. The number of rotatable bonds is 4. The number of phenolic OH excluding ortho intramolecular Hbond substituents is 1. The number of carbonyl (C=O) groups is 1. The van der Waals surface area contributed by atoms with E-state index in [0.29, 0.717) is 0 Å². The summed E-state index contributed by atoms with van der Waals surface area (Å²) in [5.41, 5.74) is -0.120. The first kappa shape index (κ1) is 13.0. The van der Waals surface area contributed by atoms with E-state index in [0.717, 1.165) is 6.07 Å². The zero-order chi connectivity index (χ0) is 13.0. The van der Waals surface area contributed by atoms with Crippen molar-refractivity contribution in [3.05, 3.63) is 33.4 Å². The van der Waals surface area contributed by atoms with Crippen LogP contribution in [0.1, 0.15) is 29.8 Å². The van der Waals surface area contributed by atoms with Gasteiger partial charge < -0.3 is 9.84 Å². The predicted octanol–water partition coefficient (Wildman–Crippen LogP) is 2.04. The van der Waals surface area contributed by atoms with E-state index < -0.39 is 22.3 Å². The molecule has 92 valence electrons. The van der Waals surface area contributed by atoms with Gasteiger partial charge >= 0.3 is 11.7 Å². The molecule has 0 aliphatic rings. The molecule has 1 N–H and O–H groups in total. The quantitative estimate of drug-likeness (QED) is 0.493. The summed E-state index contributed by atoms with van der Waals surface area (Å²) >= 11 is 0. The van der Waals surface area contributed by atoms with Crippen molar-refractivity contribution >= 4 is 11.7 Å². The minimum atomic E-state index is -0.698. The fraction of sp³-hybridized carbons (Fsp3) is 0.364. The maximum absolute atomic E-state index is 11.6. The highest BCUT2D eigenvalue weighted by Gasteiger charge is 2.25. The minimum Gasteiger partial charge on any atom is -0.502 e. The molecule has 0 bridgehead atoms. The summed E-state index contributed by atoms with van der Waals surface area (Å²) < 4.78 is 4.80. The van der Waals surface area contributed by atoms with Crippen molar-refractivity contribution in [3.63, 3.8) is 0 Å². The van der Waals surface area contributed by atoms with E-state index in [4.69, 9.17) is 4.74 Å². The zero-order valence-corrected chi connectivity index (χ0v) is 9.60. The second kappa shape index (κ2) is 5.29. The molecule has 0 spiro atoms. The third-order valence-electron chi connectivity index (χ3n) is 2.29. The van der Waals surface area contributed by atoms with Crippen LogP contribution in [-0.2, 0) is 11.2 Å². The van der Waals surface area contributed by atoms with E-state index in [9.17, 15) is 20.0 Å². The van der Waals surface area contributed by atoms with Gasteiger partial charge in [-0.2, -0.15) is 0 Å². The number of benzene rings is 1. The maximum atomic E-state index is 11.6. The van der Waals surface area contributed by atoms with E-state index >= 15 is 0 Å². The molecule has 6 heteroatoms. The fourth-order valence-corrected chi connectivity index (χ4v) is 1.59. The van der Waals surface area contributed by atoms with E-state index in [-0.39, 0.29) is 24.2 Å². The summed E-state index contributed by atoms with van der Waals surface area (Å²) in [6.45, 7) is 3.51. The Morgan fingerprint density at radius 3 is 2.59 bits per heavy atom. The summed E-state index contributed by atoms with van der Waals surface area (Å²) in [5, 5.41) is 20.3. The lowest BCUT2D eigenvalue weighted by molar-refractivity contribution is -0.386. The monoisotopic (exact) mass is 239 g/mol. The van der Waals surface area contributed by atoms with Crippen molar-refractivity contribution in [2.24, 2.45) is 0 Å². The average molecular weight is 239 g/mol. The molecule has 17 heavy (non-hydrogen) atoms. The van der Waals surface area contributed by atoms with E-state index in [1.54, 1.807) is 13.8 Å². The predicted molar refractivity (Wildman–Crippen MR) is 60.1 cm³/mol. The molecular weight excluding hydrogens is 226 g/mol. The molecule has 0 fully saturated rings. The van der Waals surface area contributed by atoms with E-state index in [1.807, 2.05) is 0 Å². The second-order valence-electron chi connectivity index (χ2n) is 3.29. The van der Waals surface area contributed by atoms with Gasteiger partial charge in [-0.05, 0) is 25.5 Å². The van der Waals surface area contributed by atoms with Crippen LogP contribution in [0.3, 0.4) is 0 Å². The molecule has 0 heterocycles. The Hall–Kier alpha value is -2.11. The van der Waals surface area contributed by atoms with Crippen molar-refractivity contribution in [2.75, 3.05) is 6.61 Å². The molecule has 6 nitrogen and oxygen atoms in total. The lowest BCUT2D eigenvalue weighted by Gasteiger charge is -2.08. The number of nitro benzene ring substituents is 1.